The first-order valence-electron chi connectivity index (χ1n) is 8.55. The highest BCUT2D eigenvalue weighted by atomic mass is 32.2. The van der Waals surface area contributed by atoms with Crippen LogP contribution < -0.4 is 5.73 Å². The largest absolute Gasteiger partial charge is 0.384 e. The highest BCUT2D eigenvalue weighted by molar-refractivity contribution is 7.89. The predicted octanol–water partition coefficient (Wildman–Crippen LogP) is 2.55. The van der Waals surface area contributed by atoms with Crippen LogP contribution in [0.25, 0.3) is 11.2 Å². The molecule has 3 rings (SSSR count). The topological polar surface area (TPSA) is 94.1 Å². The number of sulfonamides is 1. The summed E-state index contributed by atoms with van der Waals surface area (Å²) in [6.07, 6.45) is 9.31. The zero-order valence-electron chi connectivity index (χ0n) is 14.3. The van der Waals surface area contributed by atoms with Crippen LogP contribution in [0.4, 0.5) is 5.82 Å². The number of hydrogen-bond acceptors (Lipinski definition) is 5. The number of rotatable bonds is 5. The van der Waals surface area contributed by atoms with Crippen molar-refractivity contribution in [2.45, 2.75) is 56.4 Å². The predicted molar refractivity (Wildman–Crippen MR) is 94.2 cm³/mol. The zero-order valence-corrected chi connectivity index (χ0v) is 15.1. The van der Waals surface area contributed by atoms with E-state index < -0.39 is 10.0 Å². The van der Waals surface area contributed by atoms with Crippen molar-refractivity contribution in [2.24, 2.45) is 0 Å². The minimum absolute atomic E-state index is 0.104. The van der Waals surface area contributed by atoms with Gasteiger partial charge in [-0.05, 0) is 19.3 Å². The minimum atomic E-state index is -3.69. The van der Waals surface area contributed by atoms with Gasteiger partial charge in [-0.1, -0.05) is 26.2 Å². The van der Waals surface area contributed by atoms with Crippen molar-refractivity contribution >= 4 is 27.0 Å². The van der Waals surface area contributed by atoms with Crippen LogP contribution in [0, 0.1) is 0 Å². The summed E-state index contributed by atoms with van der Waals surface area (Å²) < 4.78 is 29.3. The molecule has 1 aliphatic rings. The number of anilines is 1. The molecule has 0 atom stereocenters. The molecule has 0 amide bonds. The van der Waals surface area contributed by atoms with Crippen molar-refractivity contribution < 1.29 is 8.42 Å². The summed E-state index contributed by atoms with van der Waals surface area (Å²) in [5, 5.41) is 0. The van der Waals surface area contributed by atoms with E-state index in [9.17, 15) is 8.42 Å². The third kappa shape index (κ3) is 2.77. The van der Waals surface area contributed by atoms with Crippen LogP contribution in [0.3, 0.4) is 0 Å². The number of aromatic nitrogens is 3. The van der Waals surface area contributed by atoms with E-state index in [0.717, 1.165) is 32.1 Å². The normalized spacial score (nSPS) is 17.0. The lowest BCUT2D eigenvalue weighted by molar-refractivity contribution is 0.362. The Bertz CT molecular complexity index is 824. The van der Waals surface area contributed by atoms with E-state index in [4.69, 9.17) is 5.73 Å². The lowest BCUT2D eigenvalue weighted by Gasteiger charge is -2.25. The maximum Gasteiger partial charge on any atom is 0.248 e. The Labute approximate surface area is 142 Å². The molecule has 0 aromatic carbocycles. The van der Waals surface area contributed by atoms with Crippen molar-refractivity contribution in [3.05, 3.63) is 12.4 Å². The van der Waals surface area contributed by atoms with Crippen LogP contribution in [0.1, 0.15) is 51.5 Å². The molecule has 0 radical (unpaired) electrons. The molecule has 2 aromatic rings. The fraction of sp³-hybridized carbons (Fsp3) is 0.625. The fourth-order valence-corrected chi connectivity index (χ4v) is 5.05. The quantitative estimate of drug-likeness (QED) is 0.893. The van der Waals surface area contributed by atoms with E-state index in [2.05, 4.69) is 9.97 Å². The van der Waals surface area contributed by atoms with E-state index >= 15 is 0 Å². The fourth-order valence-electron chi connectivity index (χ4n) is 3.57. The van der Waals surface area contributed by atoms with Crippen molar-refractivity contribution in [2.75, 3.05) is 19.3 Å². The molecule has 0 saturated heterocycles. The maximum atomic E-state index is 13.0. The Balaban J connectivity index is 2.20. The average molecular weight is 351 g/mol. The second-order valence-electron chi connectivity index (χ2n) is 6.43. The Morgan fingerprint density at radius 2 is 1.92 bits per heavy atom. The summed E-state index contributed by atoms with van der Waals surface area (Å²) >= 11 is 0. The molecule has 7 nitrogen and oxygen atoms in total. The SMILES string of the molecule is CCCN(C)S(=O)(=O)c1c(N)n(C2CCCCC2)c2nccnc12. The standard InChI is InChI=1S/C16H25N5O2S/c1-3-11-20(2)24(22,23)14-13-16(19-10-9-18-13)21(15(14)17)12-7-5-4-6-8-12/h9-10,12H,3-8,11,17H2,1-2H3. The third-order valence-electron chi connectivity index (χ3n) is 4.76. The van der Waals surface area contributed by atoms with E-state index in [1.807, 2.05) is 11.5 Å². The van der Waals surface area contributed by atoms with Gasteiger partial charge in [0.1, 0.15) is 11.3 Å². The monoisotopic (exact) mass is 351 g/mol. The van der Waals surface area contributed by atoms with Crippen molar-refractivity contribution in [3.63, 3.8) is 0 Å². The van der Waals surface area contributed by atoms with Gasteiger partial charge in [-0.25, -0.2) is 22.7 Å². The first-order valence-corrected chi connectivity index (χ1v) is 9.99. The van der Waals surface area contributed by atoms with Gasteiger partial charge >= 0.3 is 0 Å². The summed E-state index contributed by atoms with van der Waals surface area (Å²) in [5.74, 6) is 0.269. The molecule has 0 aliphatic heterocycles. The number of hydrogen-bond donors (Lipinski definition) is 1. The first kappa shape index (κ1) is 17.2. The summed E-state index contributed by atoms with van der Waals surface area (Å²) in [6, 6.07) is 0.193. The molecule has 132 valence electrons. The lowest BCUT2D eigenvalue weighted by Crippen LogP contribution is -2.28. The van der Waals surface area contributed by atoms with Crippen LogP contribution in [0.2, 0.25) is 0 Å². The van der Waals surface area contributed by atoms with Crippen LogP contribution in [0.15, 0.2) is 17.3 Å². The minimum Gasteiger partial charge on any atom is -0.384 e. The highest BCUT2D eigenvalue weighted by Crippen LogP contribution is 2.38. The van der Waals surface area contributed by atoms with E-state index in [1.54, 1.807) is 13.2 Å². The molecule has 2 heterocycles. The van der Waals surface area contributed by atoms with E-state index in [0.29, 0.717) is 17.7 Å². The van der Waals surface area contributed by atoms with E-state index in [-0.39, 0.29) is 16.8 Å². The van der Waals surface area contributed by atoms with Gasteiger partial charge in [0.25, 0.3) is 0 Å². The Hall–Kier alpha value is -1.67. The van der Waals surface area contributed by atoms with Crippen LogP contribution in [-0.2, 0) is 10.0 Å². The molecular formula is C16H25N5O2S. The van der Waals surface area contributed by atoms with E-state index in [1.165, 1.54) is 16.9 Å². The molecule has 0 spiro atoms. The molecule has 1 saturated carbocycles. The van der Waals surface area contributed by atoms with Crippen LogP contribution in [0.5, 0.6) is 0 Å². The van der Waals surface area contributed by atoms with Gasteiger partial charge in [0.15, 0.2) is 10.5 Å². The number of nitrogen functional groups attached to an aromatic ring is 1. The Morgan fingerprint density at radius 1 is 1.25 bits per heavy atom. The number of fused-ring (bicyclic) bond motifs is 1. The molecule has 24 heavy (non-hydrogen) atoms. The van der Waals surface area contributed by atoms with Gasteiger partial charge in [0.05, 0.1) is 0 Å². The molecule has 1 aliphatic carbocycles. The molecule has 0 unspecified atom stereocenters. The molecule has 0 bridgehead atoms. The molecule has 8 heteroatoms. The number of nitrogens with zero attached hydrogens (tertiary/aromatic N) is 4. The first-order chi connectivity index (χ1) is 11.5. The zero-order chi connectivity index (χ0) is 17.3. The van der Waals surface area contributed by atoms with Gasteiger partial charge in [-0.2, -0.15) is 0 Å². The molecule has 2 aromatic heterocycles. The van der Waals surface area contributed by atoms with Crippen LogP contribution >= 0.6 is 0 Å². The molecule has 1 fully saturated rings. The van der Waals surface area contributed by atoms with Crippen molar-refractivity contribution in [1.29, 1.82) is 0 Å². The average Bonchev–Trinajstić information content (AvgIpc) is 2.88. The Kier molecular flexibility index (Phi) is 4.78. The van der Waals surface area contributed by atoms with Gasteiger partial charge in [0, 0.05) is 32.0 Å². The smallest absolute Gasteiger partial charge is 0.248 e. The summed E-state index contributed by atoms with van der Waals surface area (Å²) in [5.41, 5.74) is 7.30. The summed E-state index contributed by atoms with van der Waals surface area (Å²) in [4.78, 5) is 8.80. The molecule has 2 N–H and O–H groups in total. The summed E-state index contributed by atoms with van der Waals surface area (Å²) in [6.45, 7) is 2.39. The van der Waals surface area contributed by atoms with Gasteiger partial charge in [-0.15, -0.1) is 0 Å². The second kappa shape index (κ2) is 6.68. The van der Waals surface area contributed by atoms with Crippen molar-refractivity contribution in [1.82, 2.24) is 18.8 Å². The third-order valence-corrected chi connectivity index (χ3v) is 6.68. The number of nitrogens with two attached hydrogens (primary N) is 1. The van der Waals surface area contributed by atoms with Crippen molar-refractivity contribution in [3.8, 4) is 0 Å². The highest BCUT2D eigenvalue weighted by Gasteiger charge is 2.33. The van der Waals surface area contributed by atoms with Crippen LogP contribution in [-0.4, -0.2) is 40.9 Å². The van der Waals surface area contributed by atoms with Gasteiger partial charge in [-0.3, -0.25) is 0 Å². The Morgan fingerprint density at radius 3 is 2.58 bits per heavy atom. The summed E-state index contributed by atoms with van der Waals surface area (Å²) in [7, 11) is -2.11. The second-order valence-corrected chi connectivity index (χ2v) is 8.41. The van der Waals surface area contributed by atoms with Gasteiger partial charge in [0.2, 0.25) is 10.0 Å². The lowest BCUT2D eigenvalue weighted by atomic mass is 9.95. The molecular weight excluding hydrogens is 326 g/mol. The maximum absolute atomic E-state index is 13.0. The van der Waals surface area contributed by atoms with Gasteiger partial charge < -0.3 is 10.3 Å².